The average Bonchev–Trinajstić information content (AvgIpc) is 2.49. The van der Waals surface area contributed by atoms with E-state index in [-0.39, 0.29) is 0 Å². The summed E-state index contributed by atoms with van der Waals surface area (Å²) in [6.45, 7) is 4.65. The number of hydrogen-bond acceptors (Lipinski definition) is 0. The van der Waals surface area contributed by atoms with Gasteiger partial charge >= 0.3 is 118 Å². The molecule has 2 aromatic carbocycles. The molecule has 1 heteroatoms. The first-order valence-electron chi connectivity index (χ1n) is 7.44. The molecule has 0 fully saturated rings. The van der Waals surface area contributed by atoms with Crippen molar-refractivity contribution >= 4 is 17.9 Å². The molecule has 0 amide bonds. The first kappa shape index (κ1) is 14.3. The third-order valence-electron chi connectivity index (χ3n) is 4.01. The van der Waals surface area contributed by atoms with Crippen molar-refractivity contribution in [3.8, 4) is 0 Å². The molecule has 0 saturated carbocycles. The Balaban J connectivity index is 2.54. The number of hydrogen-bond donors (Lipinski definition) is 0. The minimum atomic E-state index is -1.55. The zero-order valence-corrected chi connectivity index (χ0v) is 13.1. The number of rotatable bonds is 6. The molecule has 0 aliphatic carbocycles. The molecular formula is C18H25P. The quantitative estimate of drug-likeness (QED) is 0.691. The van der Waals surface area contributed by atoms with Crippen molar-refractivity contribution in [2.45, 2.75) is 26.7 Å². The Morgan fingerprint density at radius 2 is 1.00 bits per heavy atom. The van der Waals surface area contributed by atoms with Gasteiger partial charge in [-0.1, -0.05) is 0 Å². The van der Waals surface area contributed by atoms with Gasteiger partial charge in [0.2, 0.25) is 0 Å². The van der Waals surface area contributed by atoms with E-state index in [2.05, 4.69) is 74.5 Å². The van der Waals surface area contributed by atoms with Crippen molar-refractivity contribution in [1.82, 2.24) is 0 Å². The van der Waals surface area contributed by atoms with Gasteiger partial charge < -0.3 is 0 Å². The van der Waals surface area contributed by atoms with E-state index in [4.69, 9.17) is 0 Å². The third-order valence-corrected chi connectivity index (χ3v) is 9.59. The van der Waals surface area contributed by atoms with Crippen LogP contribution in [0.5, 0.6) is 0 Å². The van der Waals surface area contributed by atoms with Crippen LogP contribution in [0.25, 0.3) is 0 Å². The topological polar surface area (TPSA) is 0 Å². The Hall–Kier alpha value is -1.13. The van der Waals surface area contributed by atoms with E-state index in [9.17, 15) is 0 Å². The summed E-state index contributed by atoms with van der Waals surface area (Å²) in [6.07, 6.45) is 5.26. The van der Waals surface area contributed by atoms with E-state index in [0.29, 0.717) is 0 Å². The molecule has 0 saturated heterocycles. The van der Waals surface area contributed by atoms with Gasteiger partial charge in [-0.05, 0) is 0 Å². The maximum absolute atomic E-state index is 2.35. The van der Waals surface area contributed by atoms with Gasteiger partial charge in [0.25, 0.3) is 0 Å². The van der Waals surface area contributed by atoms with Crippen molar-refractivity contribution in [3.63, 3.8) is 0 Å². The van der Waals surface area contributed by atoms with Gasteiger partial charge in [0.05, 0.1) is 0 Å². The Labute approximate surface area is 118 Å². The molecule has 2 rings (SSSR count). The van der Waals surface area contributed by atoms with Gasteiger partial charge in [-0.15, -0.1) is 0 Å². The Morgan fingerprint density at radius 3 is 1.32 bits per heavy atom. The van der Waals surface area contributed by atoms with Crippen LogP contribution in [-0.4, -0.2) is 12.3 Å². The standard InChI is InChI=1S/C18H25P/c1-3-15-19(16-4-2,17-11-7-5-8-12-17)18-13-9-6-10-14-18/h5-14,19H,3-4,15-16H2,1-2H3. The van der Waals surface area contributed by atoms with Crippen molar-refractivity contribution in [3.05, 3.63) is 60.7 Å². The summed E-state index contributed by atoms with van der Waals surface area (Å²) in [5.41, 5.74) is 0. The normalized spacial score (nSPS) is 12.3. The van der Waals surface area contributed by atoms with E-state index < -0.39 is 7.26 Å². The fourth-order valence-corrected chi connectivity index (χ4v) is 8.34. The fraction of sp³-hybridized carbons (Fsp3) is 0.333. The van der Waals surface area contributed by atoms with Crippen molar-refractivity contribution in [2.75, 3.05) is 12.3 Å². The molecule has 0 atom stereocenters. The molecule has 0 heterocycles. The molecule has 0 N–H and O–H groups in total. The van der Waals surface area contributed by atoms with E-state index in [1.165, 1.54) is 25.2 Å². The summed E-state index contributed by atoms with van der Waals surface area (Å²) >= 11 is 0. The molecular weight excluding hydrogens is 247 g/mol. The van der Waals surface area contributed by atoms with Crippen LogP contribution in [0, 0.1) is 0 Å². The van der Waals surface area contributed by atoms with Gasteiger partial charge in [0.15, 0.2) is 0 Å². The molecule has 19 heavy (non-hydrogen) atoms. The second-order valence-corrected chi connectivity index (χ2v) is 9.63. The monoisotopic (exact) mass is 272 g/mol. The predicted octanol–water partition coefficient (Wildman–Crippen LogP) is 4.21. The average molecular weight is 272 g/mol. The van der Waals surface area contributed by atoms with Crippen LogP contribution in [0.3, 0.4) is 0 Å². The zero-order valence-electron chi connectivity index (χ0n) is 12.1. The van der Waals surface area contributed by atoms with Crippen LogP contribution < -0.4 is 10.6 Å². The SMILES string of the molecule is CCC[PH](CCC)(c1ccccc1)c1ccccc1. The van der Waals surface area contributed by atoms with Gasteiger partial charge in [0.1, 0.15) is 0 Å². The van der Waals surface area contributed by atoms with Crippen LogP contribution in [0.15, 0.2) is 60.7 Å². The summed E-state index contributed by atoms with van der Waals surface area (Å²) in [7, 11) is -1.55. The Bertz CT molecular complexity index is 428. The maximum atomic E-state index is 2.35. The van der Waals surface area contributed by atoms with Gasteiger partial charge in [-0.25, -0.2) is 0 Å². The summed E-state index contributed by atoms with van der Waals surface area (Å²) in [4.78, 5) is 0. The van der Waals surface area contributed by atoms with Crippen molar-refractivity contribution in [2.24, 2.45) is 0 Å². The molecule has 0 aliphatic rings. The third kappa shape index (κ3) is 3.07. The Kier molecular flexibility index (Phi) is 5.16. The van der Waals surface area contributed by atoms with Crippen molar-refractivity contribution < 1.29 is 0 Å². The molecule has 0 radical (unpaired) electrons. The molecule has 102 valence electrons. The molecule has 0 aromatic heterocycles. The molecule has 0 unspecified atom stereocenters. The summed E-state index contributed by atoms with van der Waals surface area (Å²) in [5, 5.41) is 3.20. The number of benzene rings is 2. The van der Waals surface area contributed by atoms with E-state index in [1.54, 1.807) is 10.6 Å². The summed E-state index contributed by atoms with van der Waals surface area (Å²) in [6, 6.07) is 22.5. The minimum absolute atomic E-state index is 1.27. The van der Waals surface area contributed by atoms with Crippen LogP contribution in [0.4, 0.5) is 0 Å². The van der Waals surface area contributed by atoms with Crippen LogP contribution >= 0.6 is 7.26 Å². The zero-order chi connectivity index (χ0) is 13.6. The molecule has 0 aliphatic heterocycles. The molecule has 2 aromatic rings. The van der Waals surface area contributed by atoms with Gasteiger partial charge in [-0.3, -0.25) is 0 Å². The first-order chi connectivity index (χ1) is 9.33. The second kappa shape index (κ2) is 6.87. The Morgan fingerprint density at radius 1 is 0.632 bits per heavy atom. The van der Waals surface area contributed by atoms with Gasteiger partial charge in [-0.2, -0.15) is 0 Å². The summed E-state index contributed by atoms with van der Waals surface area (Å²) in [5.74, 6) is 0. The van der Waals surface area contributed by atoms with Crippen LogP contribution in [0.1, 0.15) is 26.7 Å². The predicted molar refractivity (Wildman–Crippen MR) is 90.8 cm³/mol. The van der Waals surface area contributed by atoms with Crippen molar-refractivity contribution in [1.29, 1.82) is 0 Å². The van der Waals surface area contributed by atoms with Crippen LogP contribution in [-0.2, 0) is 0 Å². The van der Waals surface area contributed by atoms with E-state index in [0.717, 1.165) is 0 Å². The summed E-state index contributed by atoms with van der Waals surface area (Å²) < 4.78 is 0. The van der Waals surface area contributed by atoms with E-state index in [1.807, 2.05) is 0 Å². The van der Waals surface area contributed by atoms with E-state index >= 15 is 0 Å². The fourth-order valence-electron chi connectivity index (χ4n) is 3.24. The van der Waals surface area contributed by atoms with Crippen LogP contribution in [0.2, 0.25) is 0 Å². The second-order valence-electron chi connectivity index (χ2n) is 5.31. The molecule has 0 nitrogen and oxygen atoms in total. The molecule has 0 bridgehead atoms. The molecule has 0 spiro atoms. The first-order valence-corrected chi connectivity index (χ1v) is 9.86. The van der Waals surface area contributed by atoms with Gasteiger partial charge in [0, 0.05) is 0 Å².